The van der Waals surface area contributed by atoms with Gasteiger partial charge in [0, 0.05) is 12.1 Å². The minimum atomic E-state index is -0.292. The maximum atomic E-state index is 12.0. The Morgan fingerprint density at radius 1 is 0.852 bits per heavy atom. The Morgan fingerprint density at radius 2 is 1.56 bits per heavy atom. The van der Waals surface area contributed by atoms with E-state index in [9.17, 15) is 9.59 Å². The molecule has 7 nitrogen and oxygen atoms in total. The summed E-state index contributed by atoms with van der Waals surface area (Å²) in [6.07, 6.45) is 0.803. The molecule has 0 atom stereocenters. The molecule has 0 radical (unpaired) electrons. The van der Waals surface area contributed by atoms with Crippen molar-refractivity contribution < 1.29 is 23.8 Å². The first-order valence-electron chi connectivity index (χ1n) is 8.47. The van der Waals surface area contributed by atoms with Crippen molar-refractivity contribution >= 4 is 17.5 Å². The summed E-state index contributed by atoms with van der Waals surface area (Å²) in [5.74, 6) is 1.47. The maximum absolute atomic E-state index is 12.0. The minimum Gasteiger partial charge on any atom is -0.497 e. The van der Waals surface area contributed by atoms with Crippen LogP contribution in [0.5, 0.6) is 17.2 Å². The molecule has 0 bridgehead atoms. The highest BCUT2D eigenvalue weighted by molar-refractivity contribution is 5.94. The van der Waals surface area contributed by atoms with Gasteiger partial charge in [-0.25, -0.2) is 0 Å². The molecule has 2 aromatic rings. The second-order valence-electron chi connectivity index (χ2n) is 5.74. The van der Waals surface area contributed by atoms with Crippen molar-refractivity contribution in [2.24, 2.45) is 0 Å². The minimum absolute atomic E-state index is 0.0865. The Labute approximate surface area is 158 Å². The molecule has 2 aromatic carbocycles. The summed E-state index contributed by atoms with van der Waals surface area (Å²) in [4.78, 5) is 23.9. The fourth-order valence-corrected chi connectivity index (χ4v) is 2.44. The van der Waals surface area contributed by atoms with Crippen LogP contribution in [-0.2, 0) is 16.0 Å². The zero-order valence-electron chi connectivity index (χ0n) is 15.7. The van der Waals surface area contributed by atoms with E-state index in [2.05, 4.69) is 10.6 Å². The molecular weight excluding hydrogens is 348 g/mol. The summed E-state index contributed by atoms with van der Waals surface area (Å²) in [5.41, 5.74) is 1.59. The third-order valence-corrected chi connectivity index (χ3v) is 3.91. The number of aryl methyl sites for hydroxylation is 1. The molecule has 0 unspecified atom stereocenters. The van der Waals surface area contributed by atoms with Crippen LogP contribution < -0.4 is 24.8 Å². The highest BCUT2D eigenvalue weighted by Gasteiger charge is 2.09. The third kappa shape index (κ3) is 6.22. The number of carbonyl (C=O) groups is 2. The fraction of sp³-hybridized carbons (Fsp3) is 0.300. The van der Waals surface area contributed by atoms with Crippen molar-refractivity contribution in [1.29, 1.82) is 0 Å². The van der Waals surface area contributed by atoms with E-state index >= 15 is 0 Å². The number of carbonyl (C=O) groups excluding carboxylic acids is 2. The van der Waals surface area contributed by atoms with E-state index in [-0.39, 0.29) is 24.8 Å². The van der Waals surface area contributed by atoms with Gasteiger partial charge in [0.15, 0.2) is 11.5 Å². The molecule has 0 heterocycles. The smallest absolute Gasteiger partial charge is 0.243 e. The van der Waals surface area contributed by atoms with Crippen molar-refractivity contribution in [1.82, 2.24) is 5.32 Å². The number of nitrogens with one attached hydrogen (secondary N) is 2. The van der Waals surface area contributed by atoms with Gasteiger partial charge >= 0.3 is 0 Å². The molecule has 0 aliphatic heterocycles. The lowest BCUT2D eigenvalue weighted by Gasteiger charge is -2.10. The van der Waals surface area contributed by atoms with E-state index in [0.29, 0.717) is 29.4 Å². The van der Waals surface area contributed by atoms with Crippen molar-refractivity contribution in [2.75, 3.05) is 33.2 Å². The first-order valence-corrected chi connectivity index (χ1v) is 8.47. The summed E-state index contributed by atoms with van der Waals surface area (Å²) in [7, 11) is 4.71. The van der Waals surface area contributed by atoms with Crippen LogP contribution in [0.1, 0.15) is 12.0 Å². The summed E-state index contributed by atoms with van der Waals surface area (Å²) < 4.78 is 15.5. The van der Waals surface area contributed by atoms with Gasteiger partial charge in [-0.15, -0.1) is 0 Å². The Hall–Kier alpha value is -3.22. The SMILES string of the molecule is COc1ccc(NC(=O)CNC(=O)CCc2ccc(OC)c(OC)c2)cc1. The van der Waals surface area contributed by atoms with Crippen LogP contribution in [-0.4, -0.2) is 39.7 Å². The molecule has 0 saturated carbocycles. The average molecular weight is 372 g/mol. The number of hydrogen-bond donors (Lipinski definition) is 2. The van der Waals surface area contributed by atoms with Crippen LogP contribution in [0.3, 0.4) is 0 Å². The van der Waals surface area contributed by atoms with Gasteiger partial charge in [-0.2, -0.15) is 0 Å². The van der Waals surface area contributed by atoms with E-state index in [1.807, 2.05) is 12.1 Å². The molecule has 2 N–H and O–H groups in total. The molecule has 27 heavy (non-hydrogen) atoms. The number of anilines is 1. The van der Waals surface area contributed by atoms with Crippen molar-refractivity contribution in [3.8, 4) is 17.2 Å². The topological polar surface area (TPSA) is 85.9 Å². The van der Waals surface area contributed by atoms with E-state index < -0.39 is 0 Å². The predicted molar refractivity (Wildman–Crippen MR) is 103 cm³/mol. The van der Waals surface area contributed by atoms with E-state index in [0.717, 1.165) is 5.56 Å². The van der Waals surface area contributed by atoms with Crippen LogP contribution in [0.2, 0.25) is 0 Å². The zero-order chi connectivity index (χ0) is 19.6. The highest BCUT2D eigenvalue weighted by Crippen LogP contribution is 2.27. The highest BCUT2D eigenvalue weighted by atomic mass is 16.5. The number of ether oxygens (including phenoxy) is 3. The van der Waals surface area contributed by atoms with Gasteiger partial charge in [-0.1, -0.05) is 6.07 Å². The van der Waals surface area contributed by atoms with Gasteiger partial charge in [-0.05, 0) is 48.4 Å². The zero-order valence-corrected chi connectivity index (χ0v) is 15.7. The number of benzene rings is 2. The number of methoxy groups -OCH3 is 3. The second kappa shape index (κ2) is 10.1. The van der Waals surface area contributed by atoms with E-state index in [4.69, 9.17) is 14.2 Å². The average Bonchev–Trinajstić information content (AvgIpc) is 2.71. The Bertz CT molecular complexity index is 774. The molecule has 7 heteroatoms. The van der Waals surface area contributed by atoms with Gasteiger partial charge in [0.2, 0.25) is 11.8 Å². The number of amides is 2. The van der Waals surface area contributed by atoms with Crippen LogP contribution in [0.4, 0.5) is 5.69 Å². The van der Waals surface area contributed by atoms with Gasteiger partial charge in [0.25, 0.3) is 0 Å². The van der Waals surface area contributed by atoms with Gasteiger partial charge in [-0.3, -0.25) is 9.59 Å². The van der Waals surface area contributed by atoms with Crippen LogP contribution in [0, 0.1) is 0 Å². The number of hydrogen-bond acceptors (Lipinski definition) is 5. The molecular formula is C20H24N2O5. The van der Waals surface area contributed by atoms with E-state index in [1.54, 1.807) is 51.7 Å². The summed E-state index contributed by atoms with van der Waals surface area (Å²) in [6.45, 7) is -0.0865. The summed E-state index contributed by atoms with van der Waals surface area (Å²) >= 11 is 0. The van der Waals surface area contributed by atoms with E-state index in [1.165, 1.54) is 0 Å². The number of rotatable bonds is 9. The lowest BCUT2D eigenvalue weighted by molar-refractivity contribution is -0.124. The molecule has 0 aromatic heterocycles. The molecule has 0 spiro atoms. The second-order valence-corrected chi connectivity index (χ2v) is 5.74. The van der Waals surface area contributed by atoms with Crippen LogP contribution in [0.25, 0.3) is 0 Å². The maximum Gasteiger partial charge on any atom is 0.243 e. The van der Waals surface area contributed by atoms with Crippen molar-refractivity contribution in [3.63, 3.8) is 0 Å². The van der Waals surface area contributed by atoms with Gasteiger partial charge < -0.3 is 24.8 Å². The third-order valence-electron chi connectivity index (χ3n) is 3.91. The lowest BCUT2D eigenvalue weighted by Crippen LogP contribution is -2.32. The molecule has 0 aliphatic carbocycles. The summed E-state index contributed by atoms with van der Waals surface area (Å²) in [5, 5.41) is 5.33. The van der Waals surface area contributed by atoms with Crippen LogP contribution in [0.15, 0.2) is 42.5 Å². The summed E-state index contributed by atoms with van der Waals surface area (Å²) in [6, 6.07) is 12.5. The normalized spacial score (nSPS) is 10.0. The first-order chi connectivity index (χ1) is 13.0. The molecule has 0 saturated heterocycles. The predicted octanol–water partition coefficient (Wildman–Crippen LogP) is 2.40. The van der Waals surface area contributed by atoms with Gasteiger partial charge in [0.1, 0.15) is 5.75 Å². The quantitative estimate of drug-likeness (QED) is 0.706. The lowest BCUT2D eigenvalue weighted by atomic mass is 10.1. The van der Waals surface area contributed by atoms with Crippen molar-refractivity contribution in [2.45, 2.75) is 12.8 Å². The Balaban J connectivity index is 1.76. The van der Waals surface area contributed by atoms with Crippen LogP contribution >= 0.6 is 0 Å². The van der Waals surface area contributed by atoms with Gasteiger partial charge in [0.05, 0.1) is 27.9 Å². The molecule has 0 aliphatic rings. The monoisotopic (exact) mass is 372 g/mol. The fourth-order valence-electron chi connectivity index (χ4n) is 2.44. The molecule has 0 fully saturated rings. The largest absolute Gasteiger partial charge is 0.497 e. The molecule has 2 amide bonds. The molecule has 2 rings (SSSR count). The van der Waals surface area contributed by atoms with Crippen molar-refractivity contribution in [3.05, 3.63) is 48.0 Å². The standard InChI is InChI=1S/C20H24N2O5/c1-25-16-8-6-15(7-9-16)22-20(24)13-21-19(23)11-5-14-4-10-17(26-2)18(12-14)27-3/h4,6-10,12H,5,11,13H2,1-3H3,(H,21,23)(H,22,24). The first kappa shape index (κ1) is 20.1. The molecule has 144 valence electrons. The Morgan fingerprint density at radius 3 is 2.19 bits per heavy atom. The Kier molecular flexibility index (Phi) is 7.49.